The Kier molecular flexibility index (Phi) is 3.78. The lowest BCUT2D eigenvalue weighted by molar-refractivity contribution is 0.541. The molecule has 2 heteroatoms. The second-order valence-corrected chi connectivity index (χ2v) is 4.17. The van der Waals surface area contributed by atoms with Crippen molar-refractivity contribution < 1.29 is 0 Å². The lowest BCUT2D eigenvalue weighted by Gasteiger charge is -2.13. The number of hydrogen-bond donors (Lipinski definition) is 2. The summed E-state index contributed by atoms with van der Waals surface area (Å²) in [6.07, 6.45) is 3.03. The van der Waals surface area contributed by atoms with Gasteiger partial charge in [0.25, 0.3) is 0 Å². The van der Waals surface area contributed by atoms with E-state index in [9.17, 15) is 0 Å². The Morgan fingerprint density at radius 1 is 1.12 bits per heavy atom. The Morgan fingerprint density at radius 2 is 1.94 bits per heavy atom. The minimum Gasteiger partial charge on any atom is -0.364 e. The van der Waals surface area contributed by atoms with Crippen molar-refractivity contribution >= 4 is 0 Å². The molecule has 1 aromatic heterocycles. The Morgan fingerprint density at radius 3 is 2.62 bits per heavy atom. The summed E-state index contributed by atoms with van der Waals surface area (Å²) in [5.41, 5.74) is 2.62. The van der Waals surface area contributed by atoms with Gasteiger partial charge in [-0.05, 0) is 31.0 Å². The van der Waals surface area contributed by atoms with Crippen LogP contribution in [0.5, 0.6) is 0 Å². The molecule has 1 heterocycles. The van der Waals surface area contributed by atoms with E-state index in [1.54, 1.807) is 0 Å². The fourth-order valence-electron chi connectivity index (χ4n) is 1.80. The lowest BCUT2D eigenvalue weighted by atomic mass is 10.1. The normalized spacial score (nSPS) is 12.6. The van der Waals surface area contributed by atoms with E-state index in [2.05, 4.69) is 53.6 Å². The number of aromatic nitrogens is 1. The highest BCUT2D eigenvalue weighted by Gasteiger charge is 2.02. The molecule has 1 atom stereocenters. The Hall–Kier alpha value is -1.54. The van der Waals surface area contributed by atoms with Crippen molar-refractivity contribution in [1.82, 2.24) is 10.3 Å². The zero-order chi connectivity index (χ0) is 11.2. The molecular weight excluding hydrogens is 196 g/mol. The van der Waals surface area contributed by atoms with Gasteiger partial charge in [-0.1, -0.05) is 30.3 Å². The van der Waals surface area contributed by atoms with Crippen LogP contribution in [0, 0.1) is 0 Å². The molecule has 0 saturated heterocycles. The van der Waals surface area contributed by atoms with Crippen molar-refractivity contribution in [3.05, 3.63) is 59.9 Å². The number of hydrogen-bond acceptors (Lipinski definition) is 1. The predicted octanol–water partition coefficient (Wildman–Crippen LogP) is 2.74. The molecule has 0 bridgehead atoms. The van der Waals surface area contributed by atoms with Crippen LogP contribution >= 0.6 is 0 Å². The third kappa shape index (κ3) is 3.24. The molecule has 0 spiro atoms. The molecule has 0 aliphatic rings. The summed E-state index contributed by atoms with van der Waals surface area (Å²) in [6.45, 7) is 3.12. The highest BCUT2D eigenvalue weighted by molar-refractivity contribution is 5.15. The van der Waals surface area contributed by atoms with Gasteiger partial charge in [-0.2, -0.15) is 0 Å². The Balaban J connectivity index is 1.78. The second-order valence-electron chi connectivity index (χ2n) is 4.17. The van der Waals surface area contributed by atoms with Gasteiger partial charge < -0.3 is 10.3 Å². The van der Waals surface area contributed by atoms with Crippen LogP contribution in [-0.2, 0) is 13.0 Å². The fourth-order valence-corrected chi connectivity index (χ4v) is 1.80. The molecule has 84 valence electrons. The minimum atomic E-state index is 0.491. The zero-order valence-electron chi connectivity index (χ0n) is 9.61. The van der Waals surface area contributed by atoms with Gasteiger partial charge >= 0.3 is 0 Å². The maximum absolute atomic E-state index is 3.50. The van der Waals surface area contributed by atoms with Crippen molar-refractivity contribution in [1.29, 1.82) is 0 Å². The first-order valence-electron chi connectivity index (χ1n) is 5.74. The number of rotatable bonds is 5. The summed E-state index contributed by atoms with van der Waals surface area (Å²) in [6, 6.07) is 15.2. The van der Waals surface area contributed by atoms with Crippen LogP contribution in [0.3, 0.4) is 0 Å². The summed E-state index contributed by atoms with van der Waals surface area (Å²) in [5.74, 6) is 0. The summed E-state index contributed by atoms with van der Waals surface area (Å²) in [4.78, 5) is 3.19. The van der Waals surface area contributed by atoms with E-state index in [1.165, 1.54) is 11.3 Å². The quantitative estimate of drug-likeness (QED) is 0.787. The molecular formula is C14H18N2. The smallest absolute Gasteiger partial charge is 0.0359 e. The maximum Gasteiger partial charge on any atom is 0.0359 e. The summed E-state index contributed by atoms with van der Waals surface area (Å²) < 4.78 is 0. The maximum atomic E-state index is 3.50. The van der Waals surface area contributed by atoms with E-state index in [4.69, 9.17) is 0 Å². The molecule has 2 rings (SSSR count). The number of benzene rings is 1. The van der Waals surface area contributed by atoms with Gasteiger partial charge in [-0.15, -0.1) is 0 Å². The number of H-pyrrole nitrogens is 1. The van der Waals surface area contributed by atoms with Gasteiger partial charge in [0.05, 0.1) is 0 Å². The number of aromatic amines is 1. The van der Waals surface area contributed by atoms with E-state index in [0.29, 0.717) is 6.04 Å². The topological polar surface area (TPSA) is 27.8 Å². The number of nitrogens with one attached hydrogen (secondary N) is 2. The molecule has 2 N–H and O–H groups in total. The van der Waals surface area contributed by atoms with E-state index in [1.807, 2.05) is 12.3 Å². The molecule has 0 fully saturated rings. The average molecular weight is 214 g/mol. The highest BCUT2D eigenvalue weighted by atomic mass is 14.9. The van der Waals surface area contributed by atoms with Gasteiger partial charge in [0.15, 0.2) is 0 Å². The monoisotopic (exact) mass is 214 g/mol. The first-order chi connectivity index (χ1) is 7.84. The fraction of sp³-hybridized carbons (Fsp3) is 0.286. The molecule has 0 radical (unpaired) electrons. The summed E-state index contributed by atoms with van der Waals surface area (Å²) in [5, 5.41) is 3.50. The molecule has 1 aromatic carbocycles. The van der Waals surface area contributed by atoms with Crippen LogP contribution in [0.2, 0.25) is 0 Å². The second kappa shape index (κ2) is 5.52. The molecule has 2 nitrogen and oxygen atoms in total. The zero-order valence-corrected chi connectivity index (χ0v) is 9.61. The van der Waals surface area contributed by atoms with Crippen molar-refractivity contribution in [3.63, 3.8) is 0 Å². The van der Waals surface area contributed by atoms with Crippen LogP contribution < -0.4 is 5.32 Å². The van der Waals surface area contributed by atoms with E-state index < -0.39 is 0 Å². The predicted molar refractivity (Wildman–Crippen MR) is 67.2 cm³/mol. The van der Waals surface area contributed by atoms with Crippen LogP contribution in [-0.4, -0.2) is 11.0 Å². The minimum absolute atomic E-state index is 0.491. The lowest BCUT2D eigenvalue weighted by Crippen LogP contribution is -2.27. The van der Waals surface area contributed by atoms with Gasteiger partial charge in [-0.3, -0.25) is 0 Å². The van der Waals surface area contributed by atoms with Crippen LogP contribution in [0.15, 0.2) is 48.7 Å². The third-order valence-corrected chi connectivity index (χ3v) is 2.69. The van der Waals surface area contributed by atoms with Crippen LogP contribution in [0.25, 0.3) is 0 Å². The van der Waals surface area contributed by atoms with Crippen molar-refractivity contribution in [3.8, 4) is 0 Å². The van der Waals surface area contributed by atoms with Gasteiger partial charge in [0.2, 0.25) is 0 Å². The van der Waals surface area contributed by atoms with Gasteiger partial charge in [0.1, 0.15) is 0 Å². The van der Waals surface area contributed by atoms with Crippen LogP contribution in [0.4, 0.5) is 0 Å². The third-order valence-electron chi connectivity index (χ3n) is 2.69. The van der Waals surface area contributed by atoms with E-state index in [-0.39, 0.29) is 0 Å². The Bertz CT molecular complexity index is 392. The summed E-state index contributed by atoms with van der Waals surface area (Å²) >= 11 is 0. The SMILES string of the molecule is CC(Cc1ccccc1)NCc1ccc[nH]1. The molecule has 0 saturated carbocycles. The Labute approximate surface area is 96.7 Å². The van der Waals surface area contributed by atoms with E-state index >= 15 is 0 Å². The molecule has 0 amide bonds. The molecule has 0 aliphatic carbocycles. The van der Waals surface area contributed by atoms with Gasteiger partial charge in [0, 0.05) is 24.5 Å². The molecule has 2 aromatic rings. The average Bonchev–Trinajstić information content (AvgIpc) is 2.81. The van der Waals surface area contributed by atoms with E-state index in [0.717, 1.165) is 13.0 Å². The largest absolute Gasteiger partial charge is 0.364 e. The van der Waals surface area contributed by atoms with Crippen LogP contribution in [0.1, 0.15) is 18.2 Å². The highest BCUT2D eigenvalue weighted by Crippen LogP contribution is 2.03. The summed E-state index contributed by atoms with van der Waals surface area (Å²) in [7, 11) is 0. The van der Waals surface area contributed by atoms with Gasteiger partial charge in [-0.25, -0.2) is 0 Å². The molecule has 1 unspecified atom stereocenters. The standard InChI is InChI=1S/C14H18N2/c1-12(10-13-6-3-2-4-7-13)16-11-14-8-5-9-15-14/h2-9,12,15-16H,10-11H2,1H3. The van der Waals surface area contributed by atoms with Crippen molar-refractivity contribution in [2.45, 2.75) is 25.9 Å². The molecule has 0 aliphatic heterocycles. The van der Waals surface area contributed by atoms with Crippen molar-refractivity contribution in [2.75, 3.05) is 0 Å². The first kappa shape index (κ1) is 11.0. The van der Waals surface area contributed by atoms with Crippen molar-refractivity contribution in [2.24, 2.45) is 0 Å². The first-order valence-corrected chi connectivity index (χ1v) is 5.74. The molecule has 16 heavy (non-hydrogen) atoms.